The maximum absolute atomic E-state index is 12.2. The summed E-state index contributed by atoms with van der Waals surface area (Å²) in [5.41, 5.74) is 1.33. The Morgan fingerprint density at radius 3 is 2.74 bits per heavy atom. The summed E-state index contributed by atoms with van der Waals surface area (Å²) in [6.07, 6.45) is 0.971. The number of ether oxygens (including phenoxy) is 2. The van der Waals surface area contributed by atoms with Gasteiger partial charge in [-0.1, -0.05) is 18.2 Å². The van der Waals surface area contributed by atoms with Crippen LogP contribution in [0.4, 0.5) is 11.4 Å². The molecular weight excluding hydrogens is 344 g/mol. The van der Waals surface area contributed by atoms with Gasteiger partial charge >= 0.3 is 0 Å². The van der Waals surface area contributed by atoms with Crippen LogP contribution in [0.3, 0.4) is 0 Å². The summed E-state index contributed by atoms with van der Waals surface area (Å²) in [6, 6.07) is 14.9. The molecule has 0 aromatic heterocycles. The van der Waals surface area contributed by atoms with Gasteiger partial charge in [-0.15, -0.1) is 0 Å². The molecule has 0 radical (unpaired) electrons. The lowest BCUT2D eigenvalue weighted by molar-refractivity contribution is -0.121. The predicted octanol–water partition coefficient (Wildman–Crippen LogP) is 3.62. The van der Waals surface area contributed by atoms with Crippen molar-refractivity contribution < 1.29 is 19.1 Å². The molecule has 2 aromatic carbocycles. The fourth-order valence-corrected chi connectivity index (χ4v) is 2.98. The summed E-state index contributed by atoms with van der Waals surface area (Å²) in [7, 11) is 0. The van der Waals surface area contributed by atoms with Gasteiger partial charge in [0.1, 0.15) is 11.5 Å². The van der Waals surface area contributed by atoms with E-state index in [9.17, 15) is 9.59 Å². The van der Waals surface area contributed by atoms with Crippen LogP contribution in [0, 0.1) is 0 Å². The van der Waals surface area contributed by atoms with Crippen LogP contribution in [0.15, 0.2) is 48.5 Å². The average Bonchev–Trinajstić information content (AvgIpc) is 2.65. The SMILES string of the molecule is CC(C)N1C(=O)COc2ccc(NC(=O)CCCOc3ccccc3)cc21. The number of rotatable bonds is 7. The first-order valence-electron chi connectivity index (χ1n) is 9.11. The van der Waals surface area contributed by atoms with E-state index in [-0.39, 0.29) is 24.5 Å². The zero-order valence-corrected chi connectivity index (χ0v) is 15.6. The number of nitrogens with one attached hydrogen (secondary N) is 1. The maximum Gasteiger partial charge on any atom is 0.265 e. The van der Waals surface area contributed by atoms with Gasteiger partial charge in [0, 0.05) is 18.2 Å². The first-order valence-corrected chi connectivity index (χ1v) is 9.11. The quantitative estimate of drug-likeness (QED) is 0.758. The van der Waals surface area contributed by atoms with Crippen LogP contribution in [-0.4, -0.2) is 31.1 Å². The second-order valence-corrected chi connectivity index (χ2v) is 6.64. The third-order valence-corrected chi connectivity index (χ3v) is 4.20. The van der Waals surface area contributed by atoms with Crippen molar-refractivity contribution in [3.8, 4) is 11.5 Å². The van der Waals surface area contributed by atoms with Gasteiger partial charge in [0.2, 0.25) is 5.91 Å². The molecule has 0 saturated heterocycles. The van der Waals surface area contributed by atoms with Crippen molar-refractivity contribution in [2.24, 2.45) is 0 Å². The zero-order chi connectivity index (χ0) is 19.2. The lowest BCUT2D eigenvalue weighted by Gasteiger charge is -2.32. The van der Waals surface area contributed by atoms with Gasteiger partial charge in [-0.3, -0.25) is 9.59 Å². The number of anilines is 2. The minimum Gasteiger partial charge on any atom is -0.494 e. The highest BCUT2D eigenvalue weighted by Crippen LogP contribution is 2.35. The largest absolute Gasteiger partial charge is 0.494 e. The lowest BCUT2D eigenvalue weighted by Crippen LogP contribution is -2.43. The molecule has 142 valence electrons. The number of fused-ring (bicyclic) bond motifs is 1. The van der Waals surface area contributed by atoms with Crippen molar-refractivity contribution in [2.75, 3.05) is 23.4 Å². The lowest BCUT2D eigenvalue weighted by atomic mass is 10.1. The van der Waals surface area contributed by atoms with Crippen molar-refractivity contribution in [1.82, 2.24) is 0 Å². The molecule has 6 nitrogen and oxygen atoms in total. The summed E-state index contributed by atoms with van der Waals surface area (Å²) in [5.74, 6) is 1.27. The molecular formula is C21H24N2O4. The number of carbonyl (C=O) groups is 2. The second-order valence-electron chi connectivity index (χ2n) is 6.64. The number of benzene rings is 2. The molecule has 27 heavy (non-hydrogen) atoms. The fraction of sp³-hybridized carbons (Fsp3) is 0.333. The molecule has 3 rings (SSSR count). The number of amides is 2. The monoisotopic (exact) mass is 368 g/mol. The van der Waals surface area contributed by atoms with E-state index in [1.165, 1.54) is 0 Å². The third-order valence-electron chi connectivity index (χ3n) is 4.20. The Hall–Kier alpha value is -3.02. The van der Waals surface area contributed by atoms with Crippen molar-refractivity contribution in [1.29, 1.82) is 0 Å². The molecule has 6 heteroatoms. The Morgan fingerprint density at radius 1 is 1.22 bits per heavy atom. The van der Waals surface area contributed by atoms with E-state index in [1.807, 2.05) is 44.2 Å². The van der Waals surface area contributed by atoms with E-state index >= 15 is 0 Å². The Balaban J connectivity index is 1.54. The summed E-state index contributed by atoms with van der Waals surface area (Å²) in [5, 5.41) is 2.88. The first-order chi connectivity index (χ1) is 13.0. The Morgan fingerprint density at radius 2 is 2.00 bits per heavy atom. The predicted molar refractivity (Wildman–Crippen MR) is 104 cm³/mol. The van der Waals surface area contributed by atoms with Crippen LogP contribution in [0.25, 0.3) is 0 Å². The Labute approximate surface area is 159 Å². The molecule has 1 N–H and O–H groups in total. The molecule has 2 amide bonds. The van der Waals surface area contributed by atoms with E-state index < -0.39 is 0 Å². The van der Waals surface area contributed by atoms with Crippen LogP contribution in [0.1, 0.15) is 26.7 Å². The van der Waals surface area contributed by atoms with Gasteiger partial charge in [0.15, 0.2) is 6.61 Å². The fourth-order valence-electron chi connectivity index (χ4n) is 2.98. The summed E-state index contributed by atoms with van der Waals surface area (Å²) < 4.78 is 11.1. The summed E-state index contributed by atoms with van der Waals surface area (Å²) in [6.45, 7) is 4.42. The van der Waals surface area contributed by atoms with Crippen LogP contribution < -0.4 is 19.7 Å². The van der Waals surface area contributed by atoms with Gasteiger partial charge in [0.25, 0.3) is 5.91 Å². The molecule has 0 bridgehead atoms. The van der Waals surface area contributed by atoms with Gasteiger partial charge < -0.3 is 19.7 Å². The van der Waals surface area contributed by atoms with Crippen LogP contribution in [0.5, 0.6) is 11.5 Å². The van der Waals surface area contributed by atoms with Crippen LogP contribution in [0.2, 0.25) is 0 Å². The minimum atomic E-state index is -0.0919. The van der Waals surface area contributed by atoms with E-state index in [2.05, 4.69) is 5.32 Å². The highest BCUT2D eigenvalue weighted by molar-refractivity contribution is 6.00. The molecule has 1 heterocycles. The van der Waals surface area contributed by atoms with Crippen LogP contribution >= 0.6 is 0 Å². The second kappa shape index (κ2) is 8.58. The first kappa shape index (κ1) is 18.8. The van der Waals surface area contributed by atoms with Gasteiger partial charge in [-0.25, -0.2) is 0 Å². The normalized spacial score (nSPS) is 13.1. The maximum atomic E-state index is 12.2. The minimum absolute atomic E-state index is 0.0150. The summed E-state index contributed by atoms with van der Waals surface area (Å²) >= 11 is 0. The third kappa shape index (κ3) is 4.78. The Bertz CT molecular complexity index is 805. The zero-order valence-electron chi connectivity index (χ0n) is 15.6. The molecule has 0 fully saturated rings. The van der Waals surface area contributed by atoms with Crippen molar-refractivity contribution in [3.05, 3.63) is 48.5 Å². The number of carbonyl (C=O) groups excluding carboxylic acids is 2. The van der Waals surface area contributed by atoms with Gasteiger partial charge in [0.05, 0.1) is 12.3 Å². The number of hydrogen-bond donors (Lipinski definition) is 1. The van der Waals surface area contributed by atoms with E-state index in [0.29, 0.717) is 36.6 Å². The van der Waals surface area contributed by atoms with Gasteiger partial charge in [-0.2, -0.15) is 0 Å². The highest BCUT2D eigenvalue weighted by Gasteiger charge is 2.27. The van der Waals surface area contributed by atoms with E-state index in [1.54, 1.807) is 23.1 Å². The standard InChI is InChI=1S/C21H24N2O4/c1-15(2)23-18-13-16(10-11-19(18)27-14-21(23)25)22-20(24)9-6-12-26-17-7-4-3-5-8-17/h3-5,7-8,10-11,13,15H,6,9,12,14H2,1-2H3,(H,22,24). The topological polar surface area (TPSA) is 67.9 Å². The number of nitrogens with zero attached hydrogens (tertiary/aromatic N) is 1. The molecule has 0 unspecified atom stereocenters. The average molecular weight is 368 g/mol. The van der Waals surface area contributed by atoms with Crippen LogP contribution in [-0.2, 0) is 9.59 Å². The number of para-hydroxylation sites is 1. The van der Waals surface area contributed by atoms with Crippen molar-refractivity contribution in [3.63, 3.8) is 0 Å². The number of hydrogen-bond acceptors (Lipinski definition) is 4. The van der Waals surface area contributed by atoms with E-state index in [0.717, 1.165) is 5.75 Å². The van der Waals surface area contributed by atoms with Crippen molar-refractivity contribution >= 4 is 23.2 Å². The molecule has 0 aliphatic carbocycles. The highest BCUT2D eigenvalue weighted by atomic mass is 16.5. The summed E-state index contributed by atoms with van der Waals surface area (Å²) in [4.78, 5) is 26.0. The Kier molecular flexibility index (Phi) is 5.96. The molecule has 2 aromatic rings. The molecule has 0 spiro atoms. The van der Waals surface area contributed by atoms with E-state index in [4.69, 9.17) is 9.47 Å². The van der Waals surface area contributed by atoms with Crippen molar-refractivity contribution in [2.45, 2.75) is 32.7 Å². The van der Waals surface area contributed by atoms with Gasteiger partial charge in [-0.05, 0) is 50.6 Å². The molecule has 1 aliphatic heterocycles. The molecule has 0 atom stereocenters. The molecule has 0 saturated carbocycles. The smallest absolute Gasteiger partial charge is 0.265 e. The molecule has 1 aliphatic rings.